The van der Waals surface area contributed by atoms with E-state index in [9.17, 15) is 4.39 Å². The van der Waals surface area contributed by atoms with Gasteiger partial charge in [-0.25, -0.2) is 0 Å². The fourth-order valence-corrected chi connectivity index (χ4v) is 1.12. The van der Waals surface area contributed by atoms with E-state index in [1.54, 1.807) is 25.1 Å². The Bertz CT molecular complexity index is 372. The summed E-state index contributed by atoms with van der Waals surface area (Å²) in [6, 6.07) is 5.25. The lowest BCUT2D eigenvalue weighted by Crippen LogP contribution is -1.98. The smallest absolute Gasteiger partial charge is 0.0997 e. The third-order valence-electron chi connectivity index (χ3n) is 1.96. The molecule has 1 aromatic rings. The normalized spacial score (nSPS) is 9.50. The van der Waals surface area contributed by atoms with Crippen LogP contribution in [0.2, 0.25) is 0 Å². The van der Waals surface area contributed by atoms with Crippen LogP contribution < -0.4 is 0 Å². The van der Waals surface area contributed by atoms with Gasteiger partial charge >= 0.3 is 0 Å². The van der Waals surface area contributed by atoms with Crippen LogP contribution in [0.5, 0.6) is 0 Å². The molecule has 0 atom stereocenters. The molecule has 1 aromatic carbocycles. The summed E-state index contributed by atoms with van der Waals surface area (Å²) in [5, 5.41) is 0. The maximum Gasteiger partial charge on any atom is 0.0997 e. The highest BCUT2D eigenvalue weighted by atomic mass is 19.1. The van der Waals surface area contributed by atoms with Gasteiger partial charge in [0.2, 0.25) is 0 Å². The maximum absolute atomic E-state index is 12.4. The molecule has 0 saturated carbocycles. The van der Waals surface area contributed by atoms with Gasteiger partial charge in [0.25, 0.3) is 0 Å². The molecule has 69 valence electrons. The molecule has 0 saturated heterocycles. The number of hydrogen-bond acceptors (Lipinski definition) is 0. The Kier molecular flexibility index (Phi) is 3.32. The van der Waals surface area contributed by atoms with E-state index in [1.807, 2.05) is 0 Å². The standard InChI is InChI=1S/C13H10F/c1-4-11-6-12(5-2)8-13(7-11)10(3)9-14/h1-2,6-8H,9H2,3H3. The molecule has 0 heterocycles. The van der Waals surface area contributed by atoms with Crippen molar-refractivity contribution in [1.82, 2.24) is 0 Å². The number of rotatable bonds is 2. The summed E-state index contributed by atoms with van der Waals surface area (Å²) < 4.78 is 12.4. The highest BCUT2D eigenvalue weighted by Crippen LogP contribution is 2.18. The lowest BCUT2D eigenvalue weighted by Gasteiger charge is -2.07. The van der Waals surface area contributed by atoms with Crippen molar-refractivity contribution in [1.29, 1.82) is 0 Å². The fraction of sp³-hybridized carbons (Fsp3) is 0.154. The lowest BCUT2D eigenvalue weighted by molar-refractivity contribution is 0.516. The molecular formula is C13H10F. The summed E-state index contributed by atoms with van der Waals surface area (Å²) in [6.07, 6.45) is 10.5. The van der Waals surface area contributed by atoms with Crippen LogP contribution >= 0.6 is 0 Å². The Balaban J connectivity index is 3.20. The number of alkyl halides is 1. The summed E-state index contributed by atoms with van der Waals surface area (Å²) in [5.74, 6) is 5.62. The highest BCUT2D eigenvalue weighted by Gasteiger charge is 2.07. The van der Waals surface area contributed by atoms with E-state index in [4.69, 9.17) is 12.8 Å². The maximum atomic E-state index is 12.4. The van der Waals surface area contributed by atoms with E-state index in [-0.39, 0.29) is 0 Å². The molecule has 0 unspecified atom stereocenters. The zero-order valence-corrected chi connectivity index (χ0v) is 7.97. The van der Waals surface area contributed by atoms with Gasteiger partial charge in [0.15, 0.2) is 0 Å². The molecule has 0 N–H and O–H groups in total. The SMILES string of the molecule is C#Cc1cc(C#C)cc([C](C)CF)c1. The summed E-state index contributed by atoms with van der Waals surface area (Å²) >= 11 is 0. The van der Waals surface area contributed by atoms with Gasteiger partial charge in [-0.2, -0.15) is 0 Å². The van der Waals surface area contributed by atoms with Crippen LogP contribution in [-0.2, 0) is 0 Å². The number of hydrogen-bond donors (Lipinski definition) is 0. The lowest BCUT2D eigenvalue weighted by atomic mass is 9.97. The van der Waals surface area contributed by atoms with Gasteiger partial charge in [-0.15, -0.1) is 12.8 Å². The molecule has 1 heteroatoms. The third kappa shape index (κ3) is 2.15. The van der Waals surface area contributed by atoms with Crippen molar-refractivity contribution >= 4 is 0 Å². The Hall–Kier alpha value is -1.73. The molecule has 0 aliphatic carbocycles. The largest absolute Gasteiger partial charge is 0.250 e. The Morgan fingerprint density at radius 1 is 1.21 bits per heavy atom. The predicted molar refractivity (Wildman–Crippen MR) is 56.3 cm³/mol. The molecule has 0 aliphatic heterocycles. The molecule has 0 nitrogen and oxygen atoms in total. The van der Waals surface area contributed by atoms with E-state index in [0.717, 1.165) is 5.56 Å². The number of benzene rings is 1. The molecule has 1 rings (SSSR count). The van der Waals surface area contributed by atoms with Crippen LogP contribution in [0.1, 0.15) is 23.6 Å². The number of terminal acetylenes is 2. The van der Waals surface area contributed by atoms with E-state index in [1.165, 1.54) is 0 Å². The van der Waals surface area contributed by atoms with Crippen molar-refractivity contribution in [2.75, 3.05) is 6.67 Å². The van der Waals surface area contributed by atoms with Crippen molar-refractivity contribution in [3.63, 3.8) is 0 Å². The minimum Gasteiger partial charge on any atom is -0.250 e. The van der Waals surface area contributed by atoms with Crippen LogP contribution in [0.4, 0.5) is 4.39 Å². The Morgan fingerprint density at radius 2 is 1.71 bits per heavy atom. The third-order valence-corrected chi connectivity index (χ3v) is 1.96. The predicted octanol–water partition coefficient (Wildman–Crippen LogP) is 2.56. The Labute approximate surface area is 84.1 Å². The van der Waals surface area contributed by atoms with Crippen LogP contribution in [0, 0.1) is 30.6 Å². The highest BCUT2D eigenvalue weighted by molar-refractivity contribution is 5.48. The zero-order valence-electron chi connectivity index (χ0n) is 7.97. The minimum absolute atomic E-state index is 0.488. The topological polar surface area (TPSA) is 0 Å². The first-order valence-corrected chi connectivity index (χ1v) is 4.18. The molecule has 0 aliphatic rings. The van der Waals surface area contributed by atoms with Crippen molar-refractivity contribution < 1.29 is 4.39 Å². The summed E-state index contributed by atoms with van der Waals surface area (Å²) in [7, 11) is 0. The van der Waals surface area contributed by atoms with Crippen molar-refractivity contribution in [2.45, 2.75) is 6.92 Å². The van der Waals surface area contributed by atoms with Gasteiger partial charge in [-0.1, -0.05) is 18.8 Å². The molecule has 1 radical (unpaired) electrons. The molecule has 0 bridgehead atoms. The summed E-state index contributed by atoms with van der Waals surface area (Å²) in [5.41, 5.74) is 2.14. The van der Waals surface area contributed by atoms with Crippen LogP contribution in [0.3, 0.4) is 0 Å². The van der Waals surface area contributed by atoms with Crippen LogP contribution in [-0.4, -0.2) is 6.67 Å². The van der Waals surface area contributed by atoms with Gasteiger partial charge in [0.1, 0.15) is 0 Å². The van der Waals surface area contributed by atoms with Gasteiger partial charge < -0.3 is 0 Å². The second-order valence-corrected chi connectivity index (χ2v) is 3.00. The number of halogens is 1. The average Bonchev–Trinajstić information content (AvgIpc) is 2.27. The second kappa shape index (κ2) is 4.49. The van der Waals surface area contributed by atoms with E-state index < -0.39 is 6.67 Å². The van der Waals surface area contributed by atoms with Gasteiger partial charge in [-0.05, 0) is 23.8 Å². The van der Waals surface area contributed by atoms with E-state index in [0.29, 0.717) is 17.0 Å². The van der Waals surface area contributed by atoms with Crippen LogP contribution in [0.25, 0.3) is 0 Å². The van der Waals surface area contributed by atoms with Crippen molar-refractivity contribution in [3.8, 4) is 24.7 Å². The Morgan fingerprint density at radius 3 is 2.07 bits per heavy atom. The average molecular weight is 185 g/mol. The summed E-state index contributed by atoms with van der Waals surface area (Å²) in [4.78, 5) is 0. The molecule has 0 aromatic heterocycles. The minimum atomic E-state index is -0.488. The molecule has 0 amide bonds. The first-order valence-electron chi connectivity index (χ1n) is 4.18. The fourth-order valence-electron chi connectivity index (χ4n) is 1.12. The first-order chi connectivity index (χ1) is 6.71. The molecule has 0 spiro atoms. The monoisotopic (exact) mass is 185 g/mol. The van der Waals surface area contributed by atoms with E-state index in [2.05, 4.69) is 11.8 Å². The van der Waals surface area contributed by atoms with Gasteiger partial charge in [0, 0.05) is 17.0 Å². The molecule has 0 fully saturated rings. The quantitative estimate of drug-likeness (QED) is 0.621. The zero-order chi connectivity index (χ0) is 10.6. The molecular weight excluding hydrogens is 175 g/mol. The summed E-state index contributed by atoms with van der Waals surface area (Å²) in [6.45, 7) is 1.23. The second-order valence-electron chi connectivity index (χ2n) is 3.00. The molecule has 14 heavy (non-hydrogen) atoms. The van der Waals surface area contributed by atoms with Gasteiger partial charge in [0.05, 0.1) is 6.67 Å². The van der Waals surface area contributed by atoms with Crippen molar-refractivity contribution in [3.05, 3.63) is 40.8 Å². The van der Waals surface area contributed by atoms with Crippen LogP contribution in [0.15, 0.2) is 18.2 Å². The van der Waals surface area contributed by atoms with E-state index >= 15 is 0 Å². The van der Waals surface area contributed by atoms with Crippen molar-refractivity contribution in [2.24, 2.45) is 0 Å². The van der Waals surface area contributed by atoms with Gasteiger partial charge in [-0.3, -0.25) is 4.39 Å². The first kappa shape index (κ1) is 10.4.